The average molecular weight is 370 g/mol. The molecule has 0 bridgehead atoms. The predicted octanol–water partition coefficient (Wildman–Crippen LogP) is 2.64. The number of halogens is 1. The van der Waals surface area contributed by atoms with Crippen LogP contribution in [0.15, 0.2) is 39.9 Å². The van der Waals surface area contributed by atoms with E-state index >= 15 is 0 Å². The second-order valence-corrected chi connectivity index (χ2v) is 6.77. The summed E-state index contributed by atoms with van der Waals surface area (Å²) < 4.78 is 20.4. The third kappa shape index (κ3) is 3.47. The van der Waals surface area contributed by atoms with Gasteiger partial charge in [0.25, 0.3) is 11.3 Å². The molecule has 2 heterocycles. The monoisotopic (exact) mass is 370 g/mol. The van der Waals surface area contributed by atoms with E-state index in [2.05, 4.69) is 15.5 Å². The summed E-state index contributed by atoms with van der Waals surface area (Å²) in [6, 6.07) is 6.14. The first kappa shape index (κ1) is 17.4. The van der Waals surface area contributed by atoms with E-state index in [1.54, 1.807) is 12.1 Å². The molecule has 7 nitrogen and oxygen atoms in total. The molecule has 140 valence electrons. The number of benzene rings is 1. The predicted molar refractivity (Wildman–Crippen MR) is 96.5 cm³/mol. The Morgan fingerprint density at radius 1 is 1.26 bits per heavy atom. The van der Waals surface area contributed by atoms with E-state index in [0.717, 1.165) is 25.7 Å². The molecule has 1 aliphatic rings. The molecule has 1 amide bonds. The highest BCUT2D eigenvalue weighted by Gasteiger charge is 2.21. The fourth-order valence-electron chi connectivity index (χ4n) is 3.51. The zero-order valence-electron chi connectivity index (χ0n) is 14.7. The number of carbonyl (C=O) groups excluding carboxylic acids is 1. The van der Waals surface area contributed by atoms with Crippen molar-refractivity contribution in [3.05, 3.63) is 46.8 Å². The van der Waals surface area contributed by atoms with Crippen molar-refractivity contribution in [2.24, 2.45) is 0 Å². The van der Waals surface area contributed by atoms with E-state index in [-0.39, 0.29) is 40.9 Å². The molecule has 1 N–H and O–H groups in total. The van der Waals surface area contributed by atoms with Crippen molar-refractivity contribution in [3.8, 4) is 11.3 Å². The number of hydrogen-bond donors (Lipinski definition) is 1. The molecule has 0 saturated heterocycles. The van der Waals surface area contributed by atoms with Crippen LogP contribution in [0, 0.1) is 5.82 Å². The fourth-order valence-corrected chi connectivity index (χ4v) is 3.51. The molecule has 0 unspecified atom stereocenters. The average Bonchev–Trinajstić information content (AvgIpc) is 3.10. The first-order valence-corrected chi connectivity index (χ1v) is 9.02. The number of hydrogen-bond acceptors (Lipinski definition) is 5. The molecule has 0 radical (unpaired) electrons. The van der Waals surface area contributed by atoms with Gasteiger partial charge in [0.1, 0.15) is 29.8 Å². The third-order valence-electron chi connectivity index (χ3n) is 4.88. The smallest absolute Gasteiger partial charge is 0.267 e. The minimum Gasteiger partial charge on any atom is -0.352 e. The van der Waals surface area contributed by atoms with Crippen LogP contribution >= 0.6 is 0 Å². The van der Waals surface area contributed by atoms with Gasteiger partial charge in [0.15, 0.2) is 0 Å². The van der Waals surface area contributed by atoms with E-state index in [0.29, 0.717) is 0 Å². The molecule has 1 fully saturated rings. The Hall–Kier alpha value is -3.03. The quantitative estimate of drug-likeness (QED) is 0.762. The second kappa shape index (κ2) is 7.30. The summed E-state index contributed by atoms with van der Waals surface area (Å²) in [4.78, 5) is 29.2. The lowest BCUT2D eigenvalue weighted by atomic mass is 9.95. The van der Waals surface area contributed by atoms with Gasteiger partial charge < -0.3 is 9.84 Å². The molecule has 0 atom stereocenters. The molecule has 1 saturated carbocycles. The topological polar surface area (TPSA) is 90.0 Å². The minimum atomic E-state index is -0.516. The number of fused-ring (bicyclic) bond motifs is 1. The molecule has 0 spiro atoms. The highest BCUT2D eigenvalue weighted by molar-refractivity contribution is 5.89. The fraction of sp³-hybridized carbons (Fsp3) is 0.368. The summed E-state index contributed by atoms with van der Waals surface area (Å²) in [6.45, 7) is -0.153. The van der Waals surface area contributed by atoms with Crippen LogP contribution in [0.4, 0.5) is 4.39 Å². The van der Waals surface area contributed by atoms with Gasteiger partial charge in [-0.05, 0) is 25.0 Å². The van der Waals surface area contributed by atoms with Gasteiger partial charge in [-0.3, -0.25) is 14.2 Å². The van der Waals surface area contributed by atoms with Gasteiger partial charge >= 0.3 is 0 Å². The van der Waals surface area contributed by atoms with Crippen LogP contribution in [0.5, 0.6) is 0 Å². The largest absolute Gasteiger partial charge is 0.352 e. The highest BCUT2D eigenvalue weighted by Crippen LogP contribution is 2.26. The maximum atomic E-state index is 14.1. The Kier molecular flexibility index (Phi) is 4.70. The van der Waals surface area contributed by atoms with Gasteiger partial charge in [-0.25, -0.2) is 9.37 Å². The van der Waals surface area contributed by atoms with Crippen LogP contribution in [-0.2, 0) is 11.3 Å². The number of rotatable bonds is 4. The van der Waals surface area contributed by atoms with Crippen LogP contribution < -0.4 is 10.9 Å². The van der Waals surface area contributed by atoms with Gasteiger partial charge in [-0.1, -0.05) is 36.6 Å². The maximum Gasteiger partial charge on any atom is 0.267 e. The Balaban J connectivity index is 1.64. The van der Waals surface area contributed by atoms with Gasteiger partial charge in [-0.15, -0.1) is 0 Å². The van der Waals surface area contributed by atoms with Crippen molar-refractivity contribution >= 4 is 17.0 Å². The van der Waals surface area contributed by atoms with Crippen molar-refractivity contribution in [2.75, 3.05) is 0 Å². The van der Waals surface area contributed by atoms with E-state index in [1.165, 1.54) is 29.4 Å². The summed E-state index contributed by atoms with van der Waals surface area (Å²) in [7, 11) is 0. The van der Waals surface area contributed by atoms with Gasteiger partial charge in [0.05, 0.1) is 0 Å². The van der Waals surface area contributed by atoms with Crippen molar-refractivity contribution < 1.29 is 13.7 Å². The van der Waals surface area contributed by atoms with E-state index in [9.17, 15) is 14.0 Å². The van der Waals surface area contributed by atoms with Crippen LogP contribution in [0.2, 0.25) is 0 Å². The van der Waals surface area contributed by atoms with E-state index in [4.69, 9.17) is 4.52 Å². The van der Waals surface area contributed by atoms with Crippen molar-refractivity contribution in [3.63, 3.8) is 0 Å². The highest BCUT2D eigenvalue weighted by atomic mass is 19.1. The number of amides is 1. The Morgan fingerprint density at radius 3 is 2.81 bits per heavy atom. The van der Waals surface area contributed by atoms with Crippen LogP contribution in [0.25, 0.3) is 22.4 Å². The van der Waals surface area contributed by atoms with Crippen molar-refractivity contribution in [1.82, 2.24) is 20.0 Å². The number of nitrogens with one attached hydrogen (secondary N) is 1. The SMILES string of the molecule is O=C(Cn1cnc2onc(-c3ccccc3F)c2c1=O)NC1CCCCC1. The Bertz CT molecular complexity index is 1040. The van der Waals surface area contributed by atoms with Crippen LogP contribution in [0.3, 0.4) is 0 Å². The zero-order valence-corrected chi connectivity index (χ0v) is 14.7. The molecule has 3 aromatic rings. The first-order valence-electron chi connectivity index (χ1n) is 9.02. The lowest BCUT2D eigenvalue weighted by Gasteiger charge is -2.22. The zero-order chi connectivity index (χ0) is 18.8. The third-order valence-corrected chi connectivity index (χ3v) is 4.88. The minimum absolute atomic E-state index is 0.0159. The molecule has 0 aliphatic heterocycles. The molecule has 4 rings (SSSR count). The van der Waals surface area contributed by atoms with Crippen LogP contribution in [0.1, 0.15) is 32.1 Å². The van der Waals surface area contributed by atoms with Crippen molar-refractivity contribution in [2.45, 2.75) is 44.7 Å². The van der Waals surface area contributed by atoms with Gasteiger partial charge in [-0.2, -0.15) is 0 Å². The lowest BCUT2D eigenvalue weighted by Crippen LogP contribution is -2.39. The molecule has 27 heavy (non-hydrogen) atoms. The molecular weight excluding hydrogens is 351 g/mol. The molecular formula is C19H19FN4O3. The lowest BCUT2D eigenvalue weighted by molar-refractivity contribution is -0.122. The van der Waals surface area contributed by atoms with Crippen LogP contribution in [-0.4, -0.2) is 26.7 Å². The first-order chi connectivity index (χ1) is 13.1. The standard InChI is InChI=1S/C19H19FN4O3/c20-14-9-5-4-8-13(14)17-16-18(27-23-17)21-11-24(19(16)26)10-15(25)22-12-6-2-1-3-7-12/h4-5,8-9,11-12H,1-3,6-7,10H2,(H,22,25). The second-order valence-electron chi connectivity index (χ2n) is 6.77. The summed E-state index contributed by atoms with van der Waals surface area (Å²) in [5.41, 5.74) is -0.234. The van der Waals surface area contributed by atoms with Gasteiger partial charge in [0.2, 0.25) is 5.91 Å². The molecule has 2 aromatic heterocycles. The molecule has 1 aromatic carbocycles. The Labute approximate surface area is 154 Å². The number of aromatic nitrogens is 3. The molecule has 1 aliphatic carbocycles. The summed E-state index contributed by atoms with van der Waals surface area (Å²) in [6.07, 6.45) is 6.57. The molecule has 8 heteroatoms. The van der Waals surface area contributed by atoms with Gasteiger partial charge in [0, 0.05) is 11.6 Å². The normalized spacial score (nSPS) is 15.1. The Morgan fingerprint density at radius 2 is 2.04 bits per heavy atom. The summed E-state index contributed by atoms with van der Waals surface area (Å²) in [5, 5.41) is 6.84. The maximum absolute atomic E-state index is 14.1. The van der Waals surface area contributed by atoms with Crippen molar-refractivity contribution in [1.29, 1.82) is 0 Å². The van der Waals surface area contributed by atoms with E-state index in [1.807, 2.05) is 0 Å². The number of nitrogens with zero attached hydrogens (tertiary/aromatic N) is 3. The summed E-state index contributed by atoms with van der Waals surface area (Å²) in [5.74, 6) is -0.758. The number of carbonyl (C=O) groups is 1. The van der Waals surface area contributed by atoms with E-state index < -0.39 is 11.4 Å². The summed E-state index contributed by atoms with van der Waals surface area (Å²) >= 11 is 0.